The Morgan fingerprint density at radius 2 is 0.964 bits per heavy atom. The van der Waals surface area contributed by atoms with Crippen LogP contribution in [0.1, 0.15) is 23.7 Å². The third kappa shape index (κ3) is 3.97. The highest BCUT2D eigenvalue weighted by Crippen LogP contribution is 2.35. The molecule has 28 heavy (non-hydrogen) atoms. The van der Waals surface area contributed by atoms with Crippen molar-refractivity contribution in [1.82, 2.24) is 0 Å². The first-order valence-electron chi connectivity index (χ1n) is 8.99. The summed E-state index contributed by atoms with van der Waals surface area (Å²) in [4.78, 5) is 0. The van der Waals surface area contributed by atoms with Gasteiger partial charge in [0.15, 0.2) is 12.6 Å². The van der Waals surface area contributed by atoms with Crippen molar-refractivity contribution in [3.63, 3.8) is 0 Å². The molecular formula is C20H22O8. The van der Waals surface area contributed by atoms with Crippen molar-refractivity contribution in [2.45, 2.75) is 37.0 Å². The molecule has 0 bridgehead atoms. The Morgan fingerprint density at radius 3 is 1.32 bits per heavy atom. The van der Waals surface area contributed by atoms with Gasteiger partial charge < -0.3 is 39.4 Å². The average Bonchev–Trinajstić information content (AvgIpc) is 2.95. The molecule has 2 aromatic carbocycles. The molecule has 6 atom stereocenters. The number of aliphatic hydroxyl groups is 2. The van der Waals surface area contributed by atoms with Crippen LogP contribution in [0, 0.1) is 0 Å². The SMILES string of the molecule is Oc1ccc(C2OC[C@H](O)[C@@H]3OC(c4ccc(O)cc4)OC[C@@H](O)[C@@H]3O2)cc1. The van der Waals surface area contributed by atoms with E-state index in [1.165, 1.54) is 24.3 Å². The molecule has 4 N–H and O–H groups in total. The van der Waals surface area contributed by atoms with Crippen molar-refractivity contribution in [3.05, 3.63) is 59.7 Å². The van der Waals surface area contributed by atoms with Gasteiger partial charge in [-0.1, -0.05) is 24.3 Å². The van der Waals surface area contributed by atoms with E-state index in [0.29, 0.717) is 11.1 Å². The van der Waals surface area contributed by atoms with Gasteiger partial charge in [-0.2, -0.15) is 0 Å². The number of phenols is 2. The van der Waals surface area contributed by atoms with Crippen molar-refractivity contribution in [2.24, 2.45) is 0 Å². The summed E-state index contributed by atoms with van der Waals surface area (Å²) in [5, 5.41) is 40.1. The van der Waals surface area contributed by atoms with Gasteiger partial charge in [-0.3, -0.25) is 0 Å². The zero-order chi connectivity index (χ0) is 19.7. The van der Waals surface area contributed by atoms with Crippen LogP contribution in [0.4, 0.5) is 0 Å². The molecule has 0 spiro atoms. The second-order valence-electron chi connectivity index (χ2n) is 6.85. The third-order valence-electron chi connectivity index (χ3n) is 4.81. The van der Waals surface area contributed by atoms with Gasteiger partial charge in [0.2, 0.25) is 0 Å². The van der Waals surface area contributed by atoms with Crippen molar-refractivity contribution in [1.29, 1.82) is 0 Å². The number of aromatic hydroxyl groups is 2. The molecule has 150 valence electrons. The first-order valence-corrected chi connectivity index (χ1v) is 8.99. The second kappa shape index (κ2) is 8.04. The predicted molar refractivity (Wildman–Crippen MR) is 95.4 cm³/mol. The normalized spacial score (nSPS) is 33.5. The number of aliphatic hydroxyl groups excluding tert-OH is 2. The molecule has 2 unspecified atom stereocenters. The average molecular weight is 390 g/mol. The lowest BCUT2D eigenvalue weighted by atomic mass is 10.0. The zero-order valence-corrected chi connectivity index (χ0v) is 14.9. The van der Waals surface area contributed by atoms with Crippen molar-refractivity contribution >= 4 is 0 Å². The predicted octanol–water partition coefficient (Wildman–Crippen LogP) is 1.35. The summed E-state index contributed by atoms with van der Waals surface area (Å²) in [6.07, 6.45) is -5.56. The maximum Gasteiger partial charge on any atom is 0.184 e. The molecule has 2 aliphatic heterocycles. The summed E-state index contributed by atoms with van der Waals surface area (Å²) in [5.41, 5.74) is 1.27. The number of phenolic OH excluding ortho intramolecular Hbond substituents is 2. The van der Waals surface area contributed by atoms with Crippen molar-refractivity contribution in [2.75, 3.05) is 13.2 Å². The summed E-state index contributed by atoms with van der Waals surface area (Å²) in [6, 6.07) is 12.6. The van der Waals surface area contributed by atoms with Gasteiger partial charge in [-0.25, -0.2) is 0 Å². The molecule has 0 aliphatic carbocycles. The molecule has 2 fully saturated rings. The number of fused-ring (bicyclic) bond motifs is 1. The number of benzene rings is 2. The van der Waals surface area contributed by atoms with Gasteiger partial charge in [-0.15, -0.1) is 0 Å². The van der Waals surface area contributed by atoms with Gasteiger partial charge in [0, 0.05) is 11.1 Å². The zero-order valence-electron chi connectivity index (χ0n) is 14.9. The van der Waals surface area contributed by atoms with E-state index in [4.69, 9.17) is 18.9 Å². The van der Waals surface area contributed by atoms with E-state index in [1.54, 1.807) is 24.3 Å². The first-order chi connectivity index (χ1) is 13.5. The lowest BCUT2D eigenvalue weighted by Crippen LogP contribution is -2.46. The van der Waals surface area contributed by atoms with Crippen LogP contribution >= 0.6 is 0 Å². The van der Waals surface area contributed by atoms with Crippen LogP contribution in [0.5, 0.6) is 11.5 Å². The number of hydrogen-bond donors (Lipinski definition) is 4. The van der Waals surface area contributed by atoms with Crippen molar-refractivity contribution in [3.8, 4) is 11.5 Å². The molecule has 0 radical (unpaired) electrons. The Morgan fingerprint density at radius 1 is 0.607 bits per heavy atom. The smallest absolute Gasteiger partial charge is 0.184 e. The van der Waals surface area contributed by atoms with Gasteiger partial charge in [0.1, 0.15) is 35.9 Å². The number of hydrogen-bond acceptors (Lipinski definition) is 8. The van der Waals surface area contributed by atoms with Crippen LogP contribution in [0.25, 0.3) is 0 Å². The lowest BCUT2D eigenvalue weighted by Gasteiger charge is -2.29. The Balaban J connectivity index is 1.57. The minimum atomic E-state index is -1.05. The quantitative estimate of drug-likeness (QED) is 0.607. The highest BCUT2D eigenvalue weighted by Gasteiger charge is 2.44. The highest BCUT2D eigenvalue weighted by molar-refractivity contribution is 5.27. The fraction of sp³-hybridized carbons (Fsp3) is 0.400. The third-order valence-corrected chi connectivity index (χ3v) is 4.81. The van der Waals surface area contributed by atoms with E-state index in [1.807, 2.05) is 0 Å². The van der Waals surface area contributed by atoms with E-state index in [9.17, 15) is 20.4 Å². The van der Waals surface area contributed by atoms with Crippen molar-refractivity contribution < 1.29 is 39.4 Å². The highest BCUT2D eigenvalue weighted by atomic mass is 16.7. The minimum Gasteiger partial charge on any atom is -0.508 e. The van der Waals surface area contributed by atoms with Gasteiger partial charge in [-0.05, 0) is 24.3 Å². The number of ether oxygens (including phenoxy) is 4. The Labute approximate surface area is 161 Å². The molecule has 8 nitrogen and oxygen atoms in total. The van der Waals surface area contributed by atoms with Crippen LogP contribution < -0.4 is 0 Å². The van der Waals surface area contributed by atoms with Crippen LogP contribution in [-0.4, -0.2) is 58.1 Å². The molecule has 2 aromatic rings. The Kier molecular flexibility index (Phi) is 5.49. The molecule has 2 aliphatic rings. The Hall–Kier alpha value is -2.20. The molecule has 0 amide bonds. The maximum atomic E-state index is 10.6. The molecule has 2 heterocycles. The van der Waals surface area contributed by atoms with Crippen LogP contribution in [0.3, 0.4) is 0 Å². The summed E-state index contributed by atoms with van der Waals surface area (Å²) in [7, 11) is 0. The molecule has 4 rings (SSSR count). The first kappa shape index (κ1) is 19.1. The minimum absolute atomic E-state index is 0.0677. The fourth-order valence-electron chi connectivity index (χ4n) is 3.31. The topological polar surface area (TPSA) is 118 Å². The lowest BCUT2D eigenvalue weighted by molar-refractivity contribution is -0.206. The summed E-state index contributed by atoms with van der Waals surface area (Å²) < 4.78 is 23.2. The number of rotatable bonds is 2. The van der Waals surface area contributed by atoms with E-state index in [-0.39, 0.29) is 24.7 Å². The van der Waals surface area contributed by atoms with Crippen LogP contribution in [-0.2, 0) is 18.9 Å². The summed E-state index contributed by atoms with van der Waals surface area (Å²) in [5.74, 6) is 0.219. The van der Waals surface area contributed by atoms with Crippen LogP contribution in [0.2, 0.25) is 0 Å². The van der Waals surface area contributed by atoms with Crippen LogP contribution in [0.15, 0.2) is 48.5 Å². The van der Waals surface area contributed by atoms with E-state index in [2.05, 4.69) is 0 Å². The van der Waals surface area contributed by atoms with Gasteiger partial charge >= 0.3 is 0 Å². The molecule has 2 saturated heterocycles. The van der Waals surface area contributed by atoms with E-state index >= 15 is 0 Å². The fourth-order valence-corrected chi connectivity index (χ4v) is 3.31. The van der Waals surface area contributed by atoms with Gasteiger partial charge in [0.25, 0.3) is 0 Å². The largest absolute Gasteiger partial charge is 0.508 e. The monoisotopic (exact) mass is 390 g/mol. The molecule has 0 aromatic heterocycles. The second-order valence-corrected chi connectivity index (χ2v) is 6.85. The molecule has 0 saturated carbocycles. The molecular weight excluding hydrogens is 368 g/mol. The van der Waals surface area contributed by atoms with E-state index in [0.717, 1.165) is 0 Å². The summed E-state index contributed by atoms with van der Waals surface area (Å²) >= 11 is 0. The van der Waals surface area contributed by atoms with Gasteiger partial charge in [0.05, 0.1) is 13.2 Å². The maximum absolute atomic E-state index is 10.6. The standard InChI is InChI=1S/C20H22O8/c21-13-5-1-11(2-6-13)19-25-9-15(23)18-17(27-19)16(24)10-26-20(28-18)12-3-7-14(22)8-4-12/h1-8,15-24H,9-10H2/t15-,16+,17-,18-,19?,20?/m0/s1. The Bertz CT molecular complexity index is 710. The summed E-state index contributed by atoms with van der Waals surface area (Å²) in [6.45, 7) is -0.135. The molecule has 8 heteroatoms. The van der Waals surface area contributed by atoms with E-state index < -0.39 is 37.0 Å².